The highest BCUT2D eigenvalue weighted by atomic mass is 35.5. The number of rotatable bonds is 3. The molecular formula is C13H20ClN3. The maximum Gasteiger partial charge on any atom is 0.137 e. The average molecular weight is 254 g/mol. The van der Waals surface area contributed by atoms with Crippen molar-refractivity contribution in [3.8, 4) is 0 Å². The highest BCUT2D eigenvalue weighted by Crippen LogP contribution is 2.30. The standard InChI is InChI=1S/C13H20ClN3/c1-4-17(11-7-5-6-8-11)13-9(2)12(14)15-10(3)16-13/h11H,4-8H2,1-3H3. The summed E-state index contributed by atoms with van der Waals surface area (Å²) in [5.41, 5.74) is 1.01. The number of hydrogen-bond donors (Lipinski definition) is 0. The minimum atomic E-state index is 0.587. The van der Waals surface area contributed by atoms with Gasteiger partial charge >= 0.3 is 0 Å². The van der Waals surface area contributed by atoms with Crippen molar-refractivity contribution in [2.75, 3.05) is 11.4 Å². The summed E-state index contributed by atoms with van der Waals surface area (Å²) in [6.07, 6.45) is 5.21. The van der Waals surface area contributed by atoms with E-state index in [2.05, 4.69) is 21.8 Å². The molecule has 0 bridgehead atoms. The number of nitrogens with zero attached hydrogens (tertiary/aromatic N) is 3. The molecule has 0 N–H and O–H groups in total. The SMILES string of the molecule is CCN(c1nc(C)nc(Cl)c1C)C1CCCC1. The van der Waals surface area contributed by atoms with Gasteiger partial charge in [0.25, 0.3) is 0 Å². The molecule has 1 aliphatic rings. The van der Waals surface area contributed by atoms with Crippen molar-refractivity contribution in [1.29, 1.82) is 0 Å². The average Bonchev–Trinajstić information content (AvgIpc) is 2.79. The fraction of sp³-hybridized carbons (Fsp3) is 0.692. The monoisotopic (exact) mass is 253 g/mol. The molecule has 0 aliphatic heterocycles. The Morgan fingerprint density at radius 2 is 1.88 bits per heavy atom. The van der Waals surface area contributed by atoms with E-state index in [1.807, 2.05) is 13.8 Å². The molecule has 4 heteroatoms. The van der Waals surface area contributed by atoms with E-state index in [4.69, 9.17) is 11.6 Å². The predicted molar refractivity (Wildman–Crippen MR) is 71.8 cm³/mol. The van der Waals surface area contributed by atoms with E-state index in [-0.39, 0.29) is 0 Å². The van der Waals surface area contributed by atoms with Crippen LogP contribution in [0.2, 0.25) is 5.15 Å². The molecule has 1 aromatic heterocycles. The zero-order valence-electron chi connectivity index (χ0n) is 10.8. The zero-order chi connectivity index (χ0) is 12.4. The highest BCUT2D eigenvalue weighted by molar-refractivity contribution is 6.30. The van der Waals surface area contributed by atoms with Crippen molar-refractivity contribution in [2.24, 2.45) is 0 Å². The third-order valence-electron chi connectivity index (χ3n) is 3.55. The number of anilines is 1. The van der Waals surface area contributed by atoms with Crippen molar-refractivity contribution in [3.05, 3.63) is 16.5 Å². The lowest BCUT2D eigenvalue weighted by molar-refractivity contribution is 0.609. The summed E-state index contributed by atoms with van der Waals surface area (Å²) in [6, 6.07) is 0.629. The third-order valence-corrected chi connectivity index (χ3v) is 3.92. The number of aryl methyl sites for hydroxylation is 1. The number of hydrogen-bond acceptors (Lipinski definition) is 3. The van der Waals surface area contributed by atoms with E-state index in [0.29, 0.717) is 11.2 Å². The fourth-order valence-electron chi connectivity index (χ4n) is 2.66. The third kappa shape index (κ3) is 2.54. The van der Waals surface area contributed by atoms with Gasteiger partial charge in [-0.25, -0.2) is 9.97 Å². The Morgan fingerprint density at radius 1 is 1.24 bits per heavy atom. The molecule has 0 spiro atoms. The first-order valence-corrected chi connectivity index (χ1v) is 6.78. The molecule has 1 aromatic rings. The van der Waals surface area contributed by atoms with Gasteiger partial charge in [-0.2, -0.15) is 0 Å². The molecule has 1 saturated carbocycles. The Bertz CT molecular complexity index is 400. The van der Waals surface area contributed by atoms with Gasteiger partial charge in [-0.3, -0.25) is 0 Å². The molecule has 1 aliphatic carbocycles. The maximum absolute atomic E-state index is 6.15. The normalized spacial score (nSPS) is 16.5. The second-order valence-corrected chi connectivity index (χ2v) is 5.09. The van der Waals surface area contributed by atoms with Gasteiger partial charge in [0, 0.05) is 18.2 Å². The molecule has 94 valence electrons. The smallest absolute Gasteiger partial charge is 0.137 e. The molecular weight excluding hydrogens is 234 g/mol. The van der Waals surface area contributed by atoms with Gasteiger partial charge in [0.2, 0.25) is 0 Å². The van der Waals surface area contributed by atoms with E-state index in [9.17, 15) is 0 Å². The van der Waals surface area contributed by atoms with Crippen molar-refractivity contribution in [1.82, 2.24) is 9.97 Å². The quantitative estimate of drug-likeness (QED) is 0.772. The first kappa shape index (κ1) is 12.6. The van der Waals surface area contributed by atoms with Crippen molar-refractivity contribution < 1.29 is 0 Å². The van der Waals surface area contributed by atoms with Gasteiger partial charge in [-0.15, -0.1) is 0 Å². The first-order chi connectivity index (χ1) is 8.13. The summed E-state index contributed by atoms with van der Waals surface area (Å²) in [5.74, 6) is 1.78. The molecule has 1 fully saturated rings. The van der Waals surface area contributed by atoms with Gasteiger partial charge in [0.1, 0.15) is 16.8 Å². The highest BCUT2D eigenvalue weighted by Gasteiger charge is 2.24. The second kappa shape index (κ2) is 5.21. The lowest BCUT2D eigenvalue weighted by atomic mass is 10.2. The Hall–Kier alpha value is -0.830. The van der Waals surface area contributed by atoms with Crippen LogP contribution in [-0.2, 0) is 0 Å². The molecule has 0 atom stereocenters. The minimum Gasteiger partial charge on any atom is -0.354 e. The van der Waals surface area contributed by atoms with Crippen LogP contribution in [0.5, 0.6) is 0 Å². The molecule has 2 rings (SSSR count). The molecule has 0 saturated heterocycles. The van der Waals surface area contributed by atoms with Gasteiger partial charge in [0.05, 0.1) is 0 Å². The molecule has 17 heavy (non-hydrogen) atoms. The Morgan fingerprint density at radius 3 is 2.47 bits per heavy atom. The summed E-state index contributed by atoms with van der Waals surface area (Å²) in [5, 5.41) is 0.587. The Balaban J connectivity index is 2.35. The van der Waals surface area contributed by atoms with Crippen molar-refractivity contribution in [3.63, 3.8) is 0 Å². The van der Waals surface area contributed by atoms with Gasteiger partial charge in [0.15, 0.2) is 0 Å². The predicted octanol–water partition coefficient (Wildman–Crippen LogP) is 3.52. The molecule has 0 unspecified atom stereocenters. The summed E-state index contributed by atoms with van der Waals surface area (Å²) < 4.78 is 0. The van der Waals surface area contributed by atoms with E-state index in [1.54, 1.807) is 0 Å². The zero-order valence-corrected chi connectivity index (χ0v) is 11.6. The van der Waals surface area contributed by atoms with Crippen molar-refractivity contribution >= 4 is 17.4 Å². The van der Waals surface area contributed by atoms with Crippen LogP contribution < -0.4 is 4.90 Å². The molecule has 1 heterocycles. The van der Waals surface area contributed by atoms with Crippen LogP contribution in [0.3, 0.4) is 0 Å². The fourth-order valence-corrected chi connectivity index (χ4v) is 2.86. The molecule has 0 amide bonds. The summed E-state index contributed by atoms with van der Waals surface area (Å²) in [6.45, 7) is 7.08. The first-order valence-electron chi connectivity index (χ1n) is 6.41. The van der Waals surface area contributed by atoms with Crippen LogP contribution in [-0.4, -0.2) is 22.6 Å². The lowest BCUT2D eigenvalue weighted by Gasteiger charge is -2.30. The second-order valence-electron chi connectivity index (χ2n) is 4.73. The van der Waals surface area contributed by atoms with Crippen LogP contribution >= 0.6 is 11.6 Å². The lowest BCUT2D eigenvalue weighted by Crippen LogP contribution is -2.34. The number of halogens is 1. The topological polar surface area (TPSA) is 29.0 Å². The molecule has 3 nitrogen and oxygen atoms in total. The van der Waals surface area contributed by atoms with Crippen LogP contribution in [0.25, 0.3) is 0 Å². The number of aromatic nitrogens is 2. The summed E-state index contributed by atoms with van der Waals surface area (Å²) in [4.78, 5) is 11.2. The molecule has 0 aromatic carbocycles. The Kier molecular flexibility index (Phi) is 3.87. The van der Waals surface area contributed by atoms with Crippen LogP contribution in [0.15, 0.2) is 0 Å². The van der Waals surface area contributed by atoms with Gasteiger partial charge in [-0.05, 0) is 33.6 Å². The van der Waals surface area contributed by atoms with Crippen LogP contribution in [0.1, 0.15) is 44.0 Å². The van der Waals surface area contributed by atoms with Gasteiger partial charge in [-0.1, -0.05) is 24.4 Å². The van der Waals surface area contributed by atoms with Gasteiger partial charge < -0.3 is 4.90 Å². The summed E-state index contributed by atoms with van der Waals surface area (Å²) >= 11 is 6.15. The molecule has 0 radical (unpaired) electrons. The Labute approximate surface area is 108 Å². The van der Waals surface area contributed by atoms with E-state index < -0.39 is 0 Å². The maximum atomic E-state index is 6.15. The van der Waals surface area contributed by atoms with Crippen molar-refractivity contribution in [2.45, 2.75) is 52.5 Å². The van der Waals surface area contributed by atoms with Crippen LogP contribution in [0, 0.1) is 13.8 Å². The largest absolute Gasteiger partial charge is 0.354 e. The van der Waals surface area contributed by atoms with Crippen LogP contribution in [0.4, 0.5) is 5.82 Å². The minimum absolute atomic E-state index is 0.587. The van der Waals surface area contributed by atoms with E-state index in [1.165, 1.54) is 25.7 Å². The summed E-state index contributed by atoms with van der Waals surface area (Å²) in [7, 11) is 0. The van der Waals surface area contributed by atoms with E-state index in [0.717, 1.165) is 23.8 Å². The van der Waals surface area contributed by atoms with E-state index >= 15 is 0 Å².